The lowest BCUT2D eigenvalue weighted by Crippen LogP contribution is -2.47. The lowest BCUT2D eigenvalue weighted by Gasteiger charge is -2.28. The van der Waals surface area contributed by atoms with Crippen molar-refractivity contribution in [3.05, 3.63) is 0 Å². The number of carbonyl (C=O) groups excluding carboxylic acids is 2. The third-order valence-corrected chi connectivity index (χ3v) is 4.37. The van der Waals surface area contributed by atoms with Crippen LogP contribution in [0.3, 0.4) is 0 Å². The molecule has 19 heavy (non-hydrogen) atoms. The Morgan fingerprint density at radius 1 is 1.37 bits per heavy atom. The molecule has 0 radical (unpaired) electrons. The van der Waals surface area contributed by atoms with Crippen LogP contribution in [0.1, 0.15) is 32.6 Å². The van der Waals surface area contributed by atoms with Crippen LogP contribution in [0.4, 0.5) is 0 Å². The molecule has 0 aromatic heterocycles. The van der Waals surface area contributed by atoms with Gasteiger partial charge in [0.25, 0.3) is 0 Å². The maximum atomic E-state index is 12.2. The number of fused-ring (bicyclic) bond motifs is 2. The molecule has 5 atom stereocenters. The number of hydrogen-bond acceptors (Lipinski definition) is 4. The zero-order valence-electron chi connectivity index (χ0n) is 11.4. The molecule has 5 nitrogen and oxygen atoms in total. The first kappa shape index (κ1) is 16.2. The van der Waals surface area contributed by atoms with Gasteiger partial charge >= 0.3 is 5.97 Å². The third-order valence-electron chi connectivity index (χ3n) is 4.37. The van der Waals surface area contributed by atoms with Crippen LogP contribution in [0.15, 0.2) is 0 Å². The predicted molar refractivity (Wildman–Crippen MR) is 73.8 cm³/mol. The van der Waals surface area contributed by atoms with E-state index in [1.54, 1.807) is 0 Å². The first-order valence-corrected chi connectivity index (χ1v) is 6.65. The van der Waals surface area contributed by atoms with Crippen molar-refractivity contribution in [1.29, 1.82) is 0 Å². The van der Waals surface area contributed by atoms with Gasteiger partial charge in [-0.3, -0.25) is 9.59 Å². The molecule has 2 aliphatic carbocycles. The smallest absolute Gasteiger partial charge is 0.307 e. The van der Waals surface area contributed by atoms with Gasteiger partial charge in [-0.2, -0.15) is 0 Å². The van der Waals surface area contributed by atoms with Crippen LogP contribution in [-0.4, -0.2) is 31.1 Å². The minimum absolute atomic E-state index is 0. The Balaban J connectivity index is 0.00000180. The van der Waals surface area contributed by atoms with Gasteiger partial charge in [-0.05, 0) is 38.0 Å². The fourth-order valence-electron chi connectivity index (χ4n) is 3.45. The number of rotatable bonds is 4. The Hall–Kier alpha value is -0.810. The molecule has 0 aromatic rings. The fourth-order valence-corrected chi connectivity index (χ4v) is 3.45. The van der Waals surface area contributed by atoms with E-state index in [0.29, 0.717) is 11.8 Å². The van der Waals surface area contributed by atoms with E-state index in [1.165, 1.54) is 7.11 Å². The van der Waals surface area contributed by atoms with Gasteiger partial charge < -0.3 is 15.8 Å². The highest BCUT2D eigenvalue weighted by molar-refractivity contribution is 5.85. The Morgan fingerprint density at radius 3 is 2.53 bits per heavy atom. The molecule has 2 aliphatic rings. The second kappa shape index (κ2) is 6.57. The lowest BCUT2D eigenvalue weighted by molar-refractivity contribution is -0.141. The van der Waals surface area contributed by atoms with Gasteiger partial charge in [0.15, 0.2) is 0 Å². The highest BCUT2D eigenvalue weighted by Gasteiger charge is 2.49. The fraction of sp³-hybridized carbons (Fsp3) is 0.846. The van der Waals surface area contributed by atoms with Crippen molar-refractivity contribution in [2.24, 2.45) is 23.5 Å². The highest BCUT2D eigenvalue weighted by atomic mass is 35.5. The summed E-state index contributed by atoms with van der Waals surface area (Å²) in [6.45, 7) is 1.81. The van der Waals surface area contributed by atoms with Crippen LogP contribution >= 0.6 is 12.4 Å². The molecule has 110 valence electrons. The zero-order valence-corrected chi connectivity index (χ0v) is 12.2. The standard InChI is InChI=1S/C13H22N2O3.ClH/c1-7(5-10(16)18-2)15-13(17)11-8-3-4-9(6-8)12(11)14;/h7-9,11-12H,3-6,14H2,1-2H3,(H,15,17);1H. The molecule has 1 amide bonds. The van der Waals surface area contributed by atoms with Gasteiger partial charge in [-0.15, -0.1) is 12.4 Å². The summed E-state index contributed by atoms with van der Waals surface area (Å²) in [5, 5.41) is 2.88. The molecule has 0 heterocycles. The number of halogens is 1. The summed E-state index contributed by atoms with van der Waals surface area (Å²) in [6.07, 6.45) is 3.57. The highest BCUT2D eigenvalue weighted by Crippen LogP contribution is 2.47. The molecule has 2 rings (SSSR count). The SMILES string of the molecule is COC(=O)CC(C)NC(=O)C1C2CCC(C2)C1N.Cl. The Bertz CT molecular complexity index is 349. The van der Waals surface area contributed by atoms with Crippen molar-refractivity contribution in [2.45, 2.75) is 44.7 Å². The average molecular weight is 291 g/mol. The van der Waals surface area contributed by atoms with Crippen LogP contribution in [0.2, 0.25) is 0 Å². The molecule has 0 aliphatic heterocycles. The van der Waals surface area contributed by atoms with E-state index in [9.17, 15) is 9.59 Å². The second-order valence-electron chi connectivity index (χ2n) is 5.63. The zero-order chi connectivity index (χ0) is 13.3. The van der Waals surface area contributed by atoms with Crippen molar-refractivity contribution in [3.8, 4) is 0 Å². The number of methoxy groups -OCH3 is 1. The largest absolute Gasteiger partial charge is 0.469 e. The molecule has 0 saturated heterocycles. The maximum Gasteiger partial charge on any atom is 0.307 e. The summed E-state index contributed by atoms with van der Waals surface area (Å²) in [7, 11) is 1.35. The van der Waals surface area contributed by atoms with E-state index in [-0.39, 0.29) is 48.7 Å². The number of carbonyl (C=O) groups is 2. The second-order valence-corrected chi connectivity index (χ2v) is 5.63. The molecular formula is C13H23ClN2O3. The van der Waals surface area contributed by atoms with Gasteiger partial charge in [0.2, 0.25) is 5.91 Å². The molecular weight excluding hydrogens is 268 g/mol. The molecule has 3 N–H and O–H groups in total. The first-order chi connectivity index (χ1) is 8.52. The number of amides is 1. The first-order valence-electron chi connectivity index (χ1n) is 6.65. The summed E-state index contributed by atoms with van der Waals surface area (Å²) >= 11 is 0. The van der Waals surface area contributed by atoms with E-state index < -0.39 is 0 Å². The molecule has 6 heteroatoms. The molecule has 0 spiro atoms. The van der Waals surface area contributed by atoms with E-state index in [4.69, 9.17) is 5.73 Å². The van der Waals surface area contributed by atoms with E-state index >= 15 is 0 Å². The van der Waals surface area contributed by atoms with Gasteiger partial charge in [0.1, 0.15) is 0 Å². The van der Waals surface area contributed by atoms with Gasteiger partial charge in [-0.1, -0.05) is 0 Å². The van der Waals surface area contributed by atoms with Crippen molar-refractivity contribution >= 4 is 24.3 Å². The molecule has 2 bridgehead atoms. The number of esters is 1. The monoisotopic (exact) mass is 290 g/mol. The average Bonchev–Trinajstić information content (AvgIpc) is 2.88. The van der Waals surface area contributed by atoms with E-state index in [0.717, 1.165) is 19.3 Å². The van der Waals surface area contributed by atoms with Crippen LogP contribution in [0, 0.1) is 17.8 Å². The minimum Gasteiger partial charge on any atom is -0.469 e. The molecule has 0 aromatic carbocycles. The van der Waals surface area contributed by atoms with Crippen LogP contribution in [-0.2, 0) is 14.3 Å². The van der Waals surface area contributed by atoms with E-state index in [1.807, 2.05) is 6.92 Å². The number of nitrogens with one attached hydrogen (secondary N) is 1. The van der Waals surface area contributed by atoms with Crippen LogP contribution in [0.5, 0.6) is 0 Å². The van der Waals surface area contributed by atoms with Crippen molar-refractivity contribution in [3.63, 3.8) is 0 Å². The predicted octanol–water partition coefficient (Wildman–Crippen LogP) is 0.849. The lowest BCUT2D eigenvalue weighted by atomic mass is 9.84. The van der Waals surface area contributed by atoms with Crippen molar-refractivity contribution < 1.29 is 14.3 Å². The van der Waals surface area contributed by atoms with Gasteiger partial charge in [0.05, 0.1) is 19.4 Å². The summed E-state index contributed by atoms with van der Waals surface area (Å²) < 4.78 is 4.58. The van der Waals surface area contributed by atoms with Crippen LogP contribution < -0.4 is 11.1 Å². The topological polar surface area (TPSA) is 81.4 Å². The Kier molecular flexibility index (Phi) is 5.62. The maximum absolute atomic E-state index is 12.2. The Labute approximate surface area is 120 Å². The van der Waals surface area contributed by atoms with Crippen molar-refractivity contribution in [1.82, 2.24) is 5.32 Å². The van der Waals surface area contributed by atoms with E-state index in [2.05, 4.69) is 10.1 Å². The third kappa shape index (κ3) is 3.39. The molecule has 2 fully saturated rings. The van der Waals surface area contributed by atoms with Crippen molar-refractivity contribution in [2.75, 3.05) is 7.11 Å². The minimum atomic E-state index is -0.306. The Morgan fingerprint density at radius 2 is 2.00 bits per heavy atom. The molecule has 5 unspecified atom stereocenters. The summed E-state index contributed by atoms with van der Waals surface area (Å²) in [5.41, 5.74) is 6.12. The number of hydrogen-bond donors (Lipinski definition) is 2. The van der Waals surface area contributed by atoms with Gasteiger partial charge in [0, 0.05) is 12.1 Å². The van der Waals surface area contributed by atoms with Gasteiger partial charge in [-0.25, -0.2) is 0 Å². The van der Waals surface area contributed by atoms with Crippen LogP contribution in [0.25, 0.3) is 0 Å². The summed E-state index contributed by atoms with van der Waals surface area (Å²) in [4.78, 5) is 23.3. The summed E-state index contributed by atoms with van der Waals surface area (Å²) in [6, 6.07) is -0.203. The quantitative estimate of drug-likeness (QED) is 0.752. The summed E-state index contributed by atoms with van der Waals surface area (Å²) in [5.74, 6) is 0.590. The normalized spacial score (nSPS) is 33.4. The number of nitrogens with two attached hydrogens (primary N) is 1. The number of ether oxygens (including phenoxy) is 1. The molecule has 2 saturated carbocycles.